The normalized spacial score (nSPS) is 15.6. The minimum Gasteiger partial charge on any atom is -0.472 e. The van der Waals surface area contributed by atoms with E-state index in [0.29, 0.717) is 6.73 Å². The number of rotatable bonds is 5. The van der Waals surface area contributed by atoms with Crippen molar-refractivity contribution >= 4 is 5.82 Å². The van der Waals surface area contributed by atoms with E-state index in [1.165, 1.54) is 16.7 Å². The first-order valence-corrected chi connectivity index (χ1v) is 14.0. The van der Waals surface area contributed by atoms with E-state index in [2.05, 4.69) is 77.8 Å². The molecule has 0 radical (unpaired) electrons. The Morgan fingerprint density at radius 1 is 0.833 bits per heavy atom. The molecule has 0 spiro atoms. The summed E-state index contributed by atoms with van der Waals surface area (Å²) in [5, 5.41) is 9.14. The first kappa shape index (κ1) is 24.5. The highest BCUT2D eigenvalue weighted by molar-refractivity contribution is 5.83. The Morgan fingerprint density at radius 2 is 1.64 bits per heavy atom. The number of hydrogen-bond donors (Lipinski definition) is 0. The highest BCUT2D eigenvalue weighted by Gasteiger charge is 2.31. The second kappa shape index (κ2) is 9.94. The lowest BCUT2D eigenvalue weighted by atomic mass is 10.0. The van der Waals surface area contributed by atoms with Crippen LogP contribution in [0.2, 0.25) is 0 Å². The number of pyridine rings is 1. The van der Waals surface area contributed by atoms with Gasteiger partial charge in [0.25, 0.3) is 0 Å². The van der Waals surface area contributed by atoms with Gasteiger partial charge in [0, 0.05) is 62.4 Å². The molecule has 0 atom stereocenters. The Labute approximate surface area is 243 Å². The summed E-state index contributed by atoms with van der Waals surface area (Å²) in [6.07, 6.45) is 5.23. The highest BCUT2D eigenvalue weighted by Crippen LogP contribution is 2.41. The molecule has 0 saturated heterocycles. The molecule has 8 rings (SSSR count). The van der Waals surface area contributed by atoms with E-state index in [1.807, 2.05) is 30.5 Å². The zero-order valence-electron chi connectivity index (χ0n) is 22.8. The van der Waals surface area contributed by atoms with E-state index >= 15 is 0 Å². The first-order chi connectivity index (χ1) is 20.7. The van der Waals surface area contributed by atoms with Crippen LogP contribution in [0.15, 0.2) is 96.5 Å². The van der Waals surface area contributed by atoms with Crippen LogP contribution in [0, 0.1) is 11.3 Å². The van der Waals surface area contributed by atoms with Crippen LogP contribution >= 0.6 is 0 Å². The summed E-state index contributed by atoms with van der Waals surface area (Å²) >= 11 is 0. The minimum atomic E-state index is 0.214. The number of anilines is 1. The standard InChI is InChI=1S/C33H26N8O/c34-14-29-36-13-11-30(37-29)40-19-25-17-39(18-26(25)20-40)16-22-6-8-23(9-7-22)31-32(24-4-2-1-3-5-24)41-21-42-28-10-12-35-15-27(28)33(41)38-31/h1-13,15H,16-21H2. The molecule has 204 valence electrons. The van der Waals surface area contributed by atoms with Gasteiger partial charge in [0.05, 0.1) is 17.0 Å². The van der Waals surface area contributed by atoms with E-state index < -0.39 is 0 Å². The van der Waals surface area contributed by atoms with Crippen LogP contribution in [0.1, 0.15) is 11.4 Å². The molecule has 0 bridgehead atoms. The van der Waals surface area contributed by atoms with Gasteiger partial charge in [-0.25, -0.2) is 15.0 Å². The maximum Gasteiger partial charge on any atom is 0.234 e. The SMILES string of the molecule is N#Cc1nccc(N2CC3=C(CN(Cc4ccc(-c5nc6n(c5-c5ccccc5)COc5ccncc5-6)cc4)C3)C2)n1. The number of benzene rings is 2. The third-order valence-electron chi connectivity index (χ3n) is 8.18. The lowest BCUT2D eigenvalue weighted by molar-refractivity contribution is 0.231. The Kier molecular flexibility index (Phi) is 5.79. The van der Waals surface area contributed by atoms with E-state index in [9.17, 15) is 0 Å². The average Bonchev–Trinajstić information content (AvgIpc) is 3.74. The third-order valence-corrected chi connectivity index (χ3v) is 8.18. The second-order valence-corrected chi connectivity index (χ2v) is 10.8. The monoisotopic (exact) mass is 550 g/mol. The lowest BCUT2D eigenvalue weighted by Gasteiger charge is -2.23. The zero-order valence-corrected chi connectivity index (χ0v) is 22.8. The summed E-state index contributed by atoms with van der Waals surface area (Å²) in [7, 11) is 0. The molecule has 0 fully saturated rings. The van der Waals surface area contributed by atoms with Crippen molar-refractivity contribution in [3.8, 4) is 45.7 Å². The molecule has 0 unspecified atom stereocenters. The van der Waals surface area contributed by atoms with Gasteiger partial charge in [-0.15, -0.1) is 0 Å². The van der Waals surface area contributed by atoms with Crippen molar-refractivity contribution in [1.82, 2.24) is 29.4 Å². The number of aromatic nitrogens is 5. The maximum absolute atomic E-state index is 9.14. The van der Waals surface area contributed by atoms with Crippen molar-refractivity contribution in [1.29, 1.82) is 5.26 Å². The first-order valence-electron chi connectivity index (χ1n) is 14.0. The highest BCUT2D eigenvalue weighted by atomic mass is 16.5. The largest absolute Gasteiger partial charge is 0.472 e. The lowest BCUT2D eigenvalue weighted by Crippen LogP contribution is -2.30. The smallest absolute Gasteiger partial charge is 0.234 e. The van der Waals surface area contributed by atoms with Crippen LogP contribution < -0.4 is 9.64 Å². The Bertz CT molecular complexity index is 1870. The predicted octanol–water partition coefficient (Wildman–Crippen LogP) is 4.92. The van der Waals surface area contributed by atoms with E-state index in [1.54, 1.807) is 12.4 Å². The molecule has 9 nitrogen and oxygen atoms in total. The predicted molar refractivity (Wildman–Crippen MR) is 158 cm³/mol. The Balaban J connectivity index is 1.01. The number of hydrogen-bond acceptors (Lipinski definition) is 8. The molecule has 9 heteroatoms. The molecule has 0 amide bonds. The molecule has 0 N–H and O–H groups in total. The number of nitriles is 1. The fraction of sp³-hybridized carbons (Fsp3) is 0.182. The summed E-state index contributed by atoms with van der Waals surface area (Å²) in [4.78, 5) is 22.6. The molecule has 2 aromatic carbocycles. The number of fused-ring (bicyclic) bond motifs is 3. The number of imidazole rings is 1. The average molecular weight is 551 g/mol. The zero-order chi connectivity index (χ0) is 28.0. The van der Waals surface area contributed by atoms with Crippen molar-refractivity contribution in [3.63, 3.8) is 0 Å². The van der Waals surface area contributed by atoms with Crippen molar-refractivity contribution in [2.24, 2.45) is 0 Å². The fourth-order valence-electron chi connectivity index (χ4n) is 6.22. The van der Waals surface area contributed by atoms with Gasteiger partial charge in [0.15, 0.2) is 6.73 Å². The molecule has 3 aliphatic heterocycles. The van der Waals surface area contributed by atoms with Crippen molar-refractivity contribution < 1.29 is 4.74 Å². The van der Waals surface area contributed by atoms with Gasteiger partial charge in [-0.3, -0.25) is 14.5 Å². The van der Waals surface area contributed by atoms with Crippen LogP contribution in [0.4, 0.5) is 5.82 Å². The molecule has 5 aromatic rings. The molecule has 0 saturated carbocycles. The topological polar surface area (TPSA) is 96.0 Å². The minimum absolute atomic E-state index is 0.214. The molecular formula is C33H26N8O. The Hall–Kier alpha value is -5.33. The summed E-state index contributed by atoms with van der Waals surface area (Å²) in [5.41, 5.74) is 9.25. The van der Waals surface area contributed by atoms with Gasteiger partial charge >= 0.3 is 0 Å². The van der Waals surface area contributed by atoms with Gasteiger partial charge in [-0.2, -0.15) is 5.26 Å². The van der Waals surface area contributed by atoms with Crippen molar-refractivity contribution in [3.05, 3.63) is 108 Å². The van der Waals surface area contributed by atoms with Gasteiger partial charge in [-0.1, -0.05) is 54.6 Å². The number of ether oxygens (including phenoxy) is 1. The van der Waals surface area contributed by atoms with Crippen LogP contribution in [-0.2, 0) is 13.3 Å². The molecular weight excluding hydrogens is 524 g/mol. The maximum atomic E-state index is 9.14. The van der Waals surface area contributed by atoms with E-state index in [4.69, 9.17) is 15.0 Å². The summed E-state index contributed by atoms with van der Waals surface area (Å²) in [6.45, 7) is 4.89. The van der Waals surface area contributed by atoms with Crippen LogP contribution in [0.3, 0.4) is 0 Å². The fourth-order valence-corrected chi connectivity index (χ4v) is 6.22. The van der Waals surface area contributed by atoms with Crippen LogP contribution in [0.25, 0.3) is 33.9 Å². The summed E-state index contributed by atoms with van der Waals surface area (Å²) in [6, 6.07) is 25.0. The molecule has 6 heterocycles. The van der Waals surface area contributed by atoms with Crippen molar-refractivity contribution in [2.75, 3.05) is 31.1 Å². The Morgan fingerprint density at radius 3 is 2.43 bits per heavy atom. The number of nitrogens with zero attached hydrogens (tertiary/aromatic N) is 8. The van der Waals surface area contributed by atoms with Gasteiger partial charge in [0.1, 0.15) is 23.5 Å². The van der Waals surface area contributed by atoms with E-state index in [0.717, 1.165) is 78.2 Å². The van der Waals surface area contributed by atoms with E-state index in [-0.39, 0.29) is 5.82 Å². The molecule has 42 heavy (non-hydrogen) atoms. The second-order valence-electron chi connectivity index (χ2n) is 10.8. The van der Waals surface area contributed by atoms with Crippen LogP contribution in [-0.4, -0.2) is 55.6 Å². The molecule has 3 aliphatic rings. The summed E-state index contributed by atoms with van der Waals surface area (Å²) < 4.78 is 8.22. The molecule has 0 aliphatic carbocycles. The van der Waals surface area contributed by atoms with Gasteiger partial charge < -0.3 is 9.64 Å². The van der Waals surface area contributed by atoms with Gasteiger partial charge in [0.2, 0.25) is 5.82 Å². The quantitative estimate of drug-likeness (QED) is 0.285. The third kappa shape index (κ3) is 4.21. The van der Waals surface area contributed by atoms with Crippen molar-refractivity contribution in [2.45, 2.75) is 13.3 Å². The molecule has 3 aromatic heterocycles. The van der Waals surface area contributed by atoms with Gasteiger partial charge in [-0.05, 0) is 28.8 Å². The van der Waals surface area contributed by atoms with Crippen LogP contribution in [0.5, 0.6) is 5.75 Å². The summed E-state index contributed by atoms with van der Waals surface area (Å²) in [5.74, 6) is 2.72.